The van der Waals surface area contributed by atoms with E-state index in [1.807, 2.05) is 18.2 Å². The van der Waals surface area contributed by atoms with Crippen molar-refractivity contribution in [3.05, 3.63) is 72.2 Å². The highest BCUT2D eigenvalue weighted by atomic mass is 16.5. The summed E-state index contributed by atoms with van der Waals surface area (Å²) in [5.74, 6) is -0.0687. The molecule has 0 radical (unpaired) electrons. The molecule has 1 amide bonds. The van der Waals surface area contributed by atoms with Crippen LogP contribution in [0.25, 0.3) is 11.3 Å². The highest BCUT2D eigenvalue weighted by Crippen LogP contribution is 2.21. The molecule has 3 heterocycles. The summed E-state index contributed by atoms with van der Waals surface area (Å²) in [7, 11) is 1.31. The smallest absolute Gasteiger partial charge is 0.337 e. The first kappa shape index (κ1) is 19.5. The molecule has 4 rings (SSSR count). The fourth-order valence-electron chi connectivity index (χ4n) is 3.41. The van der Waals surface area contributed by atoms with E-state index in [1.165, 1.54) is 13.2 Å². The second-order valence-corrected chi connectivity index (χ2v) is 6.96. The van der Waals surface area contributed by atoms with Gasteiger partial charge in [-0.05, 0) is 42.8 Å². The van der Waals surface area contributed by atoms with E-state index in [-0.39, 0.29) is 11.9 Å². The molecule has 2 aromatic heterocycles. The third kappa shape index (κ3) is 4.27. The molecule has 1 aliphatic heterocycles. The van der Waals surface area contributed by atoms with Gasteiger partial charge in [0, 0.05) is 48.8 Å². The quantitative estimate of drug-likeness (QED) is 0.653. The van der Waals surface area contributed by atoms with Gasteiger partial charge in [0.15, 0.2) is 0 Å². The van der Waals surface area contributed by atoms with E-state index in [9.17, 15) is 9.59 Å². The monoisotopic (exact) mass is 403 g/mol. The highest BCUT2D eigenvalue weighted by Gasteiger charge is 2.26. The van der Waals surface area contributed by atoms with Gasteiger partial charge in [-0.2, -0.15) is 0 Å². The Morgan fingerprint density at radius 2 is 2.00 bits per heavy atom. The predicted molar refractivity (Wildman–Crippen MR) is 111 cm³/mol. The maximum atomic E-state index is 12.6. The van der Waals surface area contributed by atoms with Crippen molar-refractivity contribution in [1.29, 1.82) is 0 Å². The zero-order valence-corrected chi connectivity index (χ0v) is 16.5. The van der Waals surface area contributed by atoms with Crippen LogP contribution in [-0.4, -0.2) is 53.1 Å². The van der Waals surface area contributed by atoms with Crippen molar-refractivity contribution in [2.24, 2.45) is 0 Å². The molecule has 1 unspecified atom stereocenters. The van der Waals surface area contributed by atoms with Gasteiger partial charge < -0.3 is 15.0 Å². The standard InChI is InChI=1S/C22H21N5O3/c1-30-21(29)16-5-2-4-15(12-16)20(28)25-18-8-11-27(14-18)22-24-10-7-19(26-22)17-6-3-9-23-13-17/h2-7,9-10,12-13,18H,8,11,14H2,1H3,(H,25,28). The minimum Gasteiger partial charge on any atom is -0.465 e. The van der Waals surface area contributed by atoms with Gasteiger partial charge in [0.1, 0.15) is 0 Å². The van der Waals surface area contributed by atoms with Crippen molar-refractivity contribution in [2.75, 3.05) is 25.1 Å². The molecule has 0 saturated carbocycles. The van der Waals surface area contributed by atoms with Crippen molar-refractivity contribution >= 4 is 17.8 Å². The third-order valence-electron chi connectivity index (χ3n) is 4.95. The van der Waals surface area contributed by atoms with Gasteiger partial charge in [-0.25, -0.2) is 14.8 Å². The Hall–Kier alpha value is -3.81. The number of carbonyl (C=O) groups is 2. The fraction of sp³-hybridized carbons (Fsp3) is 0.227. The number of amides is 1. The maximum Gasteiger partial charge on any atom is 0.337 e. The lowest BCUT2D eigenvalue weighted by molar-refractivity contribution is 0.0600. The molecular weight excluding hydrogens is 382 g/mol. The van der Waals surface area contributed by atoms with E-state index in [4.69, 9.17) is 4.74 Å². The molecule has 0 spiro atoms. The largest absolute Gasteiger partial charge is 0.465 e. The second-order valence-electron chi connectivity index (χ2n) is 6.96. The highest BCUT2D eigenvalue weighted by molar-refractivity contribution is 5.98. The molecule has 1 fully saturated rings. The Morgan fingerprint density at radius 1 is 1.13 bits per heavy atom. The summed E-state index contributed by atoms with van der Waals surface area (Å²) in [6.45, 7) is 1.35. The third-order valence-corrected chi connectivity index (χ3v) is 4.95. The summed E-state index contributed by atoms with van der Waals surface area (Å²) in [4.78, 5) is 39.5. The van der Waals surface area contributed by atoms with Crippen LogP contribution in [0.1, 0.15) is 27.1 Å². The van der Waals surface area contributed by atoms with Crippen LogP contribution < -0.4 is 10.2 Å². The summed E-state index contributed by atoms with van der Waals surface area (Å²) in [5.41, 5.74) is 2.50. The Morgan fingerprint density at radius 3 is 2.80 bits per heavy atom. The lowest BCUT2D eigenvalue weighted by atomic mass is 10.1. The van der Waals surface area contributed by atoms with Crippen molar-refractivity contribution < 1.29 is 14.3 Å². The Kier molecular flexibility index (Phi) is 5.65. The van der Waals surface area contributed by atoms with Crippen LogP contribution >= 0.6 is 0 Å². The Labute approximate surface area is 173 Å². The normalized spacial score (nSPS) is 15.6. The van der Waals surface area contributed by atoms with Crippen LogP contribution in [0, 0.1) is 0 Å². The average molecular weight is 403 g/mol. The first-order chi connectivity index (χ1) is 14.6. The molecule has 8 nitrogen and oxygen atoms in total. The lowest BCUT2D eigenvalue weighted by Gasteiger charge is -2.17. The van der Waals surface area contributed by atoms with Gasteiger partial charge in [0.2, 0.25) is 5.95 Å². The minimum atomic E-state index is -0.470. The number of nitrogens with zero attached hydrogens (tertiary/aromatic N) is 4. The van der Waals surface area contributed by atoms with E-state index in [0.29, 0.717) is 23.6 Å². The van der Waals surface area contributed by atoms with Gasteiger partial charge in [-0.15, -0.1) is 0 Å². The number of ether oxygens (including phenoxy) is 1. The van der Waals surface area contributed by atoms with Gasteiger partial charge in [0.05, 0.1) is 18.4 Å². The van der Waals surface area contributed by atoms with Gasteiger partial charge in [0.25, 0.3) is 5.91 Å². The molecule has 1 aliphatic rings. The summed E-state index contributed by atoms with van der Waals surface area (Å²) in [6.07, 6.45) is 6.00. The number of pyridine rings is 1. The molecular formula is C22H21N5O3. The van der Waals surface area contributed by atoms with Gasteiger partial charge >= 0.3 is 5.97 Å². The first-order valence-electron chi connectivity index (χ1n) is 9.61. The summed E-state index contributed by atoms with van der Waals surface area (Å²) in [5, 5.41) is 3.03. The zero-order chi connectivity index (χ0) is 20.9. The second kappa shape index (κ2) is 8.69. The number of esters is 1. The molecule has 0 aliphatic carbocycles. The van der Waals surface area contributed by atoms with Crippen LogP contribution in [0.2, 0.25) is 0 Å². The number of anilines is 1. The Bertz CT molecular complexity index is 1060. The fourth-order valence-corrected chi connectivity index (χ4v) is 3.41. The summed E-state index contributed by atoms with van der Waals surface area (Å²) in [6, 6.07) is 12.1. The van der Waals surface area contributed by atoms with E-state index in [1.54, 1.807) is 36.8 Å². The molecule has 1 saturated heterocycles. The molecule has 1 N–H and O–H groups in total. The van der Waals surface area contributed by atoms with Crippen LogP contribution in [-0.2, 0) is 4.74 Å². The Balaban J connectivity index is 1.42. The number of methoxy groups -OCH3 is 1. The minimum absolute atomic E-state index is 0.0371. The van der Waals surface area contributed by atoms with Crippen molar-refractivity contribution in [3.63, 3.8) is 0 Å². The number of nitrogens with one attached hydrogen (secondary N) is 1. The first-order valence-corrected chi connectivity index (χ1v) is 9.61. The molecule has 1 aromatic carbocycles. The molecule has 30 heavy (non-hydrogen) atoms. The van der Waals surface area contributed by atoms with Crippen LogP contribution in [0.5, 0.6) is 0 Å². The SMILES string of the molecule is COC(=O)c1cccc(C(=O)NC2CCN(c3nccc(-c4cccnc4)n3)C2)c1. The molecule has 1 atom stereocenters. The molecule has 8 heteroatoms. The molecule has 152 valence electrons. The number of aromatic nitrogens is 3. The van der Waals surface area contributed by atoms with Crippen molar-refractivity contribution in [3.8, 4) is 11.3 Å². The van der Waals surface area contributed by atoms with Gasteiger partial charge in [-0.1, -0.05) is 6.07 Å². The van der Waals surface area contributed by atoms with Crippen molar-refractivity contribution in [2.45, 2.75) is 12.5 Å². The molecule has 0 bridgehead atoms. The maximum absolute atomic E-state index is 12.6. The number of benzene rings is 1. The summed E-state index contributed by atoms with van der Waals surface area (Å²) >= 11 is 0. The van der Waals surface area contributed by atoms with E-state index >= 15 is 0 Å². The lowest BCUT2D eigenvalue weighted by Crippen LogP contribution is -2.37. The predicted octanol–water partition coefficient (Wildman–Crippen LogP) is 2.33. The van der Waals surface area contributed by atoms with E-state index in [2.05, 4.69) is 25.2 Å². The summed E-state index contributed by atoms with van der Waals surface area (Å²) < 4.78 is 4.71. The van der Waals surface area contributed by atoms with Crippen LogP contribution in [0.3, 0.4) is 0 Å². The molecule has 3 aromatic rings. The topological polar surface area (TPSA) is 97.3 Å². The van der Waals surface area contributed by atoms with Gasteiger partial charge in [-0.3, -0.25) is 9.78 Å². The number of hydrogen-bond acceptors (Lipinski definition) is 7. The number of carbonyl (C=O) groups excluding carboxylic acids is 2. The number of rotatable bonds is 5. The van der Waals surface area contributed by atoms with Crippen LogP contribution in [0.15, 0.2) is 61.1 Å². The zero-order valence-electron chi connectivity index (χ0n) is 16.5. The number of hydrogen-bond donors (Lipinski definition) is 1. The average Bonchev–Trinajstić information content (AvgIpc) is 3.28. The van der Waals surface area contributed by atoms with E-state index in [0.717, 1.165) is 24.2 Å². The van der Waals surface area contributed by atoms with E-state index < -0.39 is 5.97 Å². The van der Waals surface area contributed by atoms with Crippen molar-refractivity contribution in [1.82, 2.24) is 20.3 Å². The van der Waals surface area contributed by atoms with Crippen LogP contribution in [0.4, 0.5) is 5.95 Å².